The van der Waals surface area contributed by atoms with E-state index in [1.165, 1.54) is 23.8 Å². The number of piperidine rings is 1. The fraction of sp³-hybridized carbons (Fsp3) is 0.455. The zero-order valence-electron chi connectivity index (χ0n) is 16.0. The van der Waals surface area contributed by atoms with E-state index >= 15 is 0 Å². The van der Waals surface area contributed by atoms with Gasteiger partial charge in [-0.15, -0.1) is 0 Å². The van der Waals surface area contributed by atoms with Gasteiger partial charge in [-0.2, -0.15) is 5.26 Å². The Morgan fingerprint density at radius 2 is 2.21 bits per heavy atom. The molecular weight excluding hydrogens is 354 g/mol. The van der Waals surface area contributed by atoms with Crippen LogP contribution in [0.15, 0.2) is 36.1 Å². The summed E-state index contributed by atoms with van der Waals surface area (Å²) in [5.41, 5.74) is 4.22. The summed E-state index contributed by atoms with van der Waals surface area (Å²) in [6.07, 6.45) is 3.13. The van der Waals surface area contributed by atoms with E-state index in [0.717, 1.165) is 24.9 Å². The second-order valence-corrected chi connectivity index (χ2v) is 7.97. The van der Waals surface area contributed by atoms with Gasteiger partial charge in [-0.05, 0) is 31.4 Å². The second-order valence-electron chi connectivity index (χ2n) is 7.97. The highest BCUT2D eigenvalue weighted by atomic mass is 16.5. The van der Waals surface area contributed by atoms with Crippen LogP contribution in [0.25, 0.3) is 10.9 Å². The average Bonchev–Trinajstić information content (AvgIpc) is 3.11. The molecule has 4 heterocycles. The number of aromatic amines is 1. The van der Waals surface area contributed by atoms with Gasteiger partial charge in [0, 0.05) is 35.0 Å². The van der Waals surface area contributed by atoms with Gasteiger partial charge >= 0.3 is 5.97 Å². The van der Waals surface area contributed by atoms with Gasteiger partial charge in [0.1, 0.15) is 12.1 Å². The number of methoxy groups -OCH3 is 1. The quantitative estimate of drug-likeness (QED) is 0.773. The van der Waals surface area contributed by atoms with E-state index in [1.807, 2.05) is 13.0 Å². The fourth-order valence-electron chi connectivity index (χ4n) is 5.52. The Hall–Kier alpha value is -2.78. The number of rotatable bonds is 1. The predicted octanol–water partition coefficient (Wildman–Crippen LogP) is 3.07. The number of nitrogens with zero attached hydrogens (tertiary/aromatic N) is 2. The molecule has 3 aliphatic rings. The van der Waals surface area contributed by atoms with Gasteiger partial charge in [0.15, 0.2) is 0 Å². The van der Waals surface area contributed by atoms with Crippen molar-refractivity contribution >= 4 is 16.9 Å². The highest BCUT2D eigenvalue weighted by molar-refractivity contribution is 5.89. The Labute approximate surface area is 163 Å². The summed E-state index contributed by atoms with van der Waals surface area (Å²) in [5.74, 6) is -0.467. The Balaban J connectivity index is 1.62. The number of nitriles is 1. The van der Waals surface area contributed by atoms with Crippen molar-refractivity contribution in [1.82, 2.24) is 9.88 Å². The molecule has 1 aromatic carbocycles. The molecule has 144 valence electrons. The minimum absolute atomic E-state index is 0.0497. The van der Waals surface area contributed by atoms with Gasteiger partial charge in [0.25, 0.3) is 0 Å². The molecule has 3 aliphatic heterocycles. The number of hydrogen-bond donors (Lipinski definition) is 1. The molecule has 2 aromatic rings. The van der Waals surface area contributed by atoms with Gasteiger partial charge < -0.3 is 14.5 Å². The first-order valence-corrected chi connectivity index (χ1v) is 9.82. The third-order valence-corrected chi connectivity index (χ3v) is 6.77. The lowest BCUT2D eigenvalue weighted by Crippen LogP contribution is -2.57. The first-order valence-electron chi connectivity index (χ1n) is 9.82. The maximum absolute atomic E-state index is 12.4. The van der Waals surface area contributed by atoms with Crippen molar-refractivity contribution in [2.75, 3.05) is 13.7 Å². The number of esters is 1. The molecule has 0 unspecified atom stereocenters. The van der Waals surface area contributed by atoms with Gasteiger partial charge in [0.05, 0.1) is 31.1 Å². The van der Waals surface area contributed by atoms with Crippen LogP contribution in [0.2, 0.25) is 0 Å². The zero-order valence-corrected chi connectivity index (χ0v) is 16.0. The summed E-state index contributed by atoms with van der Waals surface area (Å²) in [6.45, 7) is 2.83. The van der Waals surface area contributed by atoms with Crippen LogP contribution in [-0.4, -0.2) is 41.7 Å². The third kappa shape index (κ3) is 2.33. The summed E-state index contributed by atoms with van der Waals surface area (Å²) in [4.78, 5) is 18.3. The second kappa shape index (κ2) is 6.39. The van der Waals surface area contributed by atoms with Crippen molar-refractivity contribution in [2.24, 2.45) is 11.8 Å². The molecule has 0 spiro atoms. The third-order valence-electron chi connectivity index (χ3n) is 6.77. The standard InChI is InChI=1S/C22H23N3O3/c1-12-20-15(16(11-28-12)22(26)27-2)9-18-21-14(7-8-25(18)19(20)10-23)13-5-3-4-6-17(13)24-21/h3-6,11-12,15,18-20,24H,7-9H2,1-2H3/t12-,15+,18-,19+,20-/m0/s1. The lowest BCUT2D eigenvalue weighted by atomic mass is 9.68. The van der Waals surface area contributed by atoms with Gasteiger partial charge in [-0.1, -0.05) is 18.2 Å². The number of hydrogen-bond acceptors (Lipinski definition) is 5. The largest absolute Gasteiger partial charge is 0.497 e. The normalized spacial score (nSPS) is 31.6. The summed E-state index contributed by atoms with van der Waals surface area (Å²) in [5, 5.41) is 11.3. The van der Waals surface area contributed by atoms with Crippen LogP contribution in [0.1, 0.15) is 30.6 Å². The van der Waals surface area contributed by atoms with E-state index in [9.17, 15) is 10.1 Å². The Kier molecular flexibility index (Phi) is 3.95. The number of carbonyl (C=O) groups is 1. The van der Waals surface area contributed by atoms with Crippen molar-refractivity contribution in [2.45, 2.75) is 38.0 Å². The van der Waals surface area contributed by atoms with Gasteiger partial charge in [-0.25, -0.2) is 4.79 Å². The topological polar surface area (TPSA) is 78.3 Å². The molecule has 5 rings (SSSR count). The number of benzene rings is 1. The number of nitrogens with one attached hydrogen (secondary N) is 1. The van der Waals surface area contributed by atoms with E-state index < -0.39 is 0 Å². The van der Waals surface area contributed by atoms with Gasteiger partial charge in [0.2, 0.25) is 0 Å². The fourth-order valence-corrected chi connectivity index (χ4v) is 5.52. The van der Waals surface area contributed by atoms with E-state index in [-0.39, 0.29) is 36.0 Å². The van der Waals surface area contributed by atoms with Crippen LogP contribution in [0.5, 0.6) is 0 Å². The molecule has 0 aliphatic carbocycles. The summed E-state index contributed by atoms with van der Waals surface area (Å²) in [6, 6.07) is 10.7. The van der Waals surface area contributed by atoms with Crippen molar-refractivity contribution in [1.29, 1.82) is 5.26 Å². The lowest BCUT2D eigenvalue weighted by molar-refractivity contribution is -0.139. The summed E-state index contributed by atoms with van der Waals surface area (Å²) in [7, 11) is 1.39. The molecule has 5 atom stereocenters. The maximum Gasteiger partial charge on any atom is 0.337 e. The first kappa shape index (κ1) is 17.3. The molecular formula is C22H23N3O3. The number of ether oxygens (including phenoxy) is 2. The molecule has 0 radical (unpaired) electrons. The van der Waals surface area contributed by atoms with Crippen LogP contribution in [0.4, 0.5) is 0 Å². The summed E-state index contributed by atoms with van der Waals surface area (Å²) < 4.78 is 10.8. The van der Waals surface area contributed by atoms with E-state index in [4.69, 9.17) is 9.47 Å². The van der Waals surface area contributed by atoms with Crippen LogP contribution in [-0.2, 0) is 20.7 Å². The number of fused-ring (bicyclic) bond motifs is 6. The first-order chi connectivity index (χ1) is 13.6. The highest BCUT2D eigenvalue weighted by Crippen LogP contribution is 2.50. The zero-order chi connectivity index (χ0) is 19.4. The van der Waals surface area contributed by atoms with Crippen molar-refractivity contribution in [3.8, 4) is 6.07 Å². The number of H-pyrrole nitrogens is 1. The molecule has 0 amide bonds. The van der Waals surface area contributed by atoms with Crippen LogP contribution >= 0.6 is 0 Å². The number of carbonyl (C=O) groups excluding carboxylic acids is 1. The Morgan fingerprint density at radius 3 is 3.00 bits per heavy atom. The highest BCUT2D eigenvalue weighted by Gasteiger charge is 2.52. The molecule has 6 heteroatoms. The smallest absolute Gasteiger partial charge is 0.337 e. The molecule has 1 aromatic heterocycles. The molecule has 28 heavy (non-hydrogen) atoms. The Morgan fingerprint density at radius 1 is 1.39 bits per heavy atom. The Bertz CT molecular complexity index is 1020. The maximum atomic E-state index is 12.4. The van der Waals surface area contributed by atoms with E-state index in [0.29, 0.717) is 5.57 Å². The van der Waals surface area contributed by atoms with Gasteiger partial charge in [-0.3, -0.25) is 4.90 Å². The molecule has 0 bridgehead atoms. The van der Waals surface area contributed by atoms with Crippen LogP contribution < -0.4 is 0 Å². The molecule has 0 saturated carbocycles. The van der Waals surface area contributed by atoms with E-state index in [1.54, 1.807) is 6.26 Å². The van der Waals surface area contributed by atoms with Crippen molar-refractivity contribution < 1.29 is 14.3 Å². The minimum atomic E-state index is -0.361. The summed E-state index contributed by atoms with van der Waals surface area (Å²) >= 11 is 0. The molecule has 1 saturated heterocycles. The van der Waals surface area contributed by atoms with Crippen molar-refractivity contribution in [3.63, 3.8) is 0 Å². The number of para-hydroxylation sites is 1. The van der Waals surface area contributed by atoms with Crippen LogP contribution in [0.3, 0.4) is 0 Å². The van der Waals surface area contributed by atoms with E-state index in [2.05, 4.69) is 34.2 Å². The van der Waals surface area contributed by atoms with Crippen LogP contribution in [0, 0.1) is 23.2 Å². The minimum Gasteiger partial charge on any atom is -0.497 e. The SMILES string of the molecule is COC(=O)C1=CO[C@@H](C)[C@H]2[C@@H]1C[C@H]1c3[nH]c4ccccc4c3CCN1[C@@H]2C#N. The molecule has 1 N–H and O–H groups in total. The lowest BCUT2D eigenvalue weighted by Gasteiger charge is -2.51. The average molecular weight is 377 g/mol. The predicted molar refractivity (Wildman–Crippen MR) is 103 cm³/mol. The molecule has 1 fully saturated rings. The van der Waals surface area contributed by atoms with Crippen molar-refractivity contribution in [3.05, 3.63) is 47.4 Å². The monoisotopic (exact) mass is 377 g/mol. The molecule has 6 nitrogen and oxygen atoms in total. The number of aromatic nitrogens is 1.